The Morgan fingerprint density at radius 1 is 1.05 bits per heavy atom. The molecule has 0 radical (unpaired) electrons. The molecule has 4 rings (SSSR count). The molecule has 0 aliphatic carbocycles. The highest BCUT2D eigenvalue weighted by Crippen LogP contribution is 2.20. The van der Waals surface area contributed by atoms with Crippen molar-refractivity contribution >= 4 is 44.5 Å². The molecular formula is C16H10N2OS2. The van der Waals surface area contributed by atoms with Gasteiger partial charge in [-0.3, -0.25) is 9.36 Å². The van der Waals surface area contributed by atoms with Crippen LogP contribution < -0.4 is 5.56 Å². The molecule has 0 saturated carbocycles. The van der Waals surface area contributed by atoms with Crippen LogP contribution in [-0.2, 0) is 0 Å². The quantitative estimate of drug-likeness (QED) is 0.533. The fraction of sp³-hybridized carbons (Fsp3) is 0. The van der Waals surface area contributed by atoms with Gasteiger partial charge < -0.3 is 4.98 Å². The van der Waals surface area contributed by atoms with Crippen LogP contribution in [-0.4, -0.2) is 9.55 Å². The molecule has 0 spiro atoms. The molecule has 2 aromatic heterocycles. The molecule has 0 unspecified atom stereocenters. The van der Waals surface area contributed by atoms with Crippen LogP contribution in [0.4, 0.5) is 0 Å². The van der Waals surface area contributed by atoms with Gasteiger partial charge in [-0.1, -0.05) is 30.3 Å². The average molecular weight is 310 g/mol. The van der Waals surface area contributed by atoms with E-state index in [9.17, 15) is 4.79 Å². The number of hydrogen-bond acceptors (Lipinski definition) is 3. The first-order chi connectivity index (χ1) is 10.2. The van der Waals surface area contributed by atoms with Crippen molar-refractivity contribution in [3.8, 4) is 5.69 Å². The van der Waals surface area contributed by atoms with Gasteiger partial charge in [0.05, 0.1) is 11.1 Å². The van der Waals surface area contributed by atoms with E-state index in [4.69, 9.17) is 12.2 Å². The monoisotopic (exact) mass is 310 g/mol. The lowest BCUT2D eigenvalue weighted by atomic mass is 10.1. The van der Waals surface area contributed by atoms with E-state index in [0.29, 0.717) is 10.2 Å². The van der Waals surface area contributed by atoms with Crippen molar-refractivity contribution in [1.29, 1.82) is 0 Å². The van der Waals surface area contributed by atoms with E-state index in [1.807, 2.05) is 53.9 Å². The summed E-state index contributed by atoms with van der Waals surface area (Å²) in [6.45, 7) is 0. The van der Waals surface area contributed by atoms with Crippen LogP contribution in [0.3, 0.4) is 0 Å². The zero-order chi connectivity index (χ0) is 14.4. The van der Waals surface area contributed by atoms with Crippen molar-refractivity contribution in [3.63, 3.8) is 0 Å². The van der Waals surface area contributed by atoms with Crippen molar-refractivity contribution in [2.75, 3.05) is 0 Å². The second-order valence-corrected chi connectivity index (χ2v) is 6.07. The molecule has 4 aromatic rings. The highest BCUT2D eigenvalue weighted by atomic mass is 32.1. The first-order valence-electron chi connectivity index (χ1n) is 6.46. The number of nitrogens with one attached hydrogen (secondary N) is 1. The molecule has 0 aliphatic heterocycles. The zero-order valence-electron chi connectivity index (χ0n) is 10.9. The number of benzene rings is 2. The summed E-state index contributed by atoms with van der Waals surface area (Å²) >= 11 is 6.84. The Balaban J connectivity index is 2.08. The number of rotatable bonds is 1. The molecule has 2 aromatic carbocycles. The number of nitrogens with zero attached hydrogens (tertiary/aromatic N) is 1. The number of H-pyrrole nitrogens is 1. The summed E-state index contributed by atoms with van der Waals surface area (Å²) in [6.07, 6.45) is 0. The molecule has 5 heteroatoms. The largest absolute Gasteiger partial charge is 0.323 e. The summed E-state index contributed by atoms with van der Waals surface area (Å²) in [5.74, 6) is 0. The third-order valence-electron chi connectivity index (χ3n) is 3.51. The van der Waals surface area contributed by atoms with E-state index >= 15 is 0 Å². The van der Waals surface area contributed by atoms with Crippen molar-refractivity contribution in [2.45, 2.75) is 0 Å². The van der Waals surface area contributed by atoms with Crippen LogP contribution in [0.1, 0.15) is 0 Å². The van der Waals surface area contributed by atoms with Crippen molar-refractivity contribution in [3.05, 3.63) is 69.0 Å². The summed E-state index contributed by atoms with van der Waals surface area (Å²) in [5.41, 5.74) is 0.707. The van der Waals surface area contributed by atoms with Gasteiger partial charge in [0.25, 0.3) is 5.56 Å². The minimum absolute atomic E-state index is 0.0784. The van der Waals surface area contributed by atoms with Gasteiger partial charge in [-0.25, -0.2) is 0 Å². The van der Waals surface area contributed by atoms with Gasteiger partial charge in [0, 0.05) is 0 Å². The van der Waals surface area contributed by atoms with Crippen LogP contribution in [0.5, 0.6) is 0 Å². The molecule has 0 aliphatic rings. The van der Waals surface area contributed by atoms with Crippen molar-refractivity contribution in [2.24, 2.45) is 0 Å². The standard InChI is InChI=1S/C16H10N2OS2/c19-15-13-7-8-21-14(13)17-16(20)18(15)12-6-5-10-3-1-2-4-11(10)9-12/h1-9H,(H,17,20). The second kappa shape index (κ2) is 4.65. The summed E-state index contributed by atoms with van der Waals surface area (Å²) in [6, 6.07) is 15.8. The van der Waals surface area contributed by atoms with Gasteiger partial charge in [-0.2, -0.15) is 0 Å². The van der Waals surface area contributed by atoms with Gasteiger partial charge >= 0.3 is 0 Å². The lowest BCUT2D eigenvalue weighted by Crippen LogP contribution is -2.19. The Labute approximate surface area is 129 Å². The number of thiophene rings is 1. The highest BCUT2D eigenvalue weighted by Gasteiger charge is 2.08. The van der Waals surface area contributed by atoms with Crippen LogP contribution in [0.25, 0.3) is 26.7 Å². The summed E-state index contributed by atoms with van der Waals surface area (Å²) in [4.78, 5) is 16.6. The number of aromatic nitrogens is 2. The molecule has 0 atom stereocenters. The first kappa shape index (κ1) is 12.5. The molecule has 0 amide bonds. The molecule has 3 nitrogen and oxygen atoms in total. The summed E-state index contributed by atoms with van der Waals surface area (Å²) in [7, 11) is 0. The van der Waals surface area contributed by atoms with Gasteiger partial charge in [-0.15, -0.1) is 11.3 Å². The van der Waals surface area contributed by atoms with E-state index in [-0.39, 0.29) is 5.56 Å². The van der Waals surface area contributed by atoms with E-state index in [1.165, 1.54) is 11.3 Å². The van der Waals surface area contributed by atoms with Gasteiger partial charge in [0.15, 0.2) is 4.77 Å². The van der Waals surface area contributed by atoms with Crippen LogP contribution in [0.2, 0.25) is 0 Å². The molecular weight excluding hydrogens is 300 g/mol. The van der Waals surface area contributed by atoms with Crippen LogP contribution >= 0.6 is 23.6 Å². The third kappa shape index (κ3) is 1.93. The first-order valence-corrected chi connectivity index (χ1v) is 7.74. The minimum atomic E-state index is -0.0784. The second-order valence-electron chi connectivity index (χ2n) is 4.77. The van der Waals surface area contributed by atoms with E-state index < -0.39 is 0 Å². The number of aromatic amines is 1. The molecule has 0 bridgehead atoms. The average Bonchev–Trinajstić information content (AvgIpc) is 2.95. The molecule has 0 fully saturated rings. The SMILES string of the molecule is O=c1c2ccsc2[nH]c(=S)n1-c1ccc2ccccc2c1. The Morgan fingerprint density at radius 2 is 1.86 bits per heavy atom. The molecule has 102 valence electrons. The normalized spacial score (nSPS) is 11.2. The Kier molecular flexibility index (Phi) is 2.77. The highest BCUT2D eigenvalue weighted by molar-refractivity contribution is 7.71. The van der Waals surface area contributed by atoms with Gasteiger partial charge in [-0.05, 0) is 46.6 Å². The van der Waals surface area contributed by atoms with E-state index in [0.717, 1.165) is 21.3 Å². The Morgan fingerprint density at radius 3 is 2.71 bits per heavy atom. The number of fused-ring (bicyclic) bond motifs is 2. The molecule has 0 saturated heterocycles. The molecule has 2 heterocycles. The van der Waals surface area contributed by atoms with E-state index in [2.05, 4.69) is 4.98 Å². The third-order valence-corrected chi connectivity index (χ3v) is 4.63. The van der Waals surface area contributed by atoms with Gasteiger partial charge in [0.1, 0.15) is 4.83 Å². The van der Waals surface area contributed by atoms with Crippen molar-refractivity contribution < 1.29 is 0 Å². The number of hydrogen-bond donors (Lipinski definition) is 1. The smallest absolute Gasteiger partial charge is 0.267 e. The fourth-order valence-electron chi connectivity index (χ4n) is 2.49. The van der Waals surface area contributed by atoms with Gasteiger partial charge in [0.2, 0.25) is 0 Å². The molecule has 1 N–H and O–H groups in total. The fourth-order valence-corrected chi connectivity index (χ4v) is 3.62. The lowest BCUT2D eigenvalue weighted by molar-refractivity contribution is 0.945. The minimum Gasteiger partial charge on any atom is -0.323 e. The van der Waals surface area contributed by atoms with Crippen molar-refractivity contribution in [1.82, 2.24) is 9.55 Å². The Bertz CT molecular complexity index is 1090. The lowest BCUT2D eigenvalue weighted by Gasteiger charge is -2.07. The summed E-state index contributed by atoms with van der Waals surface area (Å²) in [5, 5.41) is 4.78. The van der Waals surface area contributed by atoms with E-state index in [1.54, 1.807) is 4.57 Å². The zero-order valence-corrected chi connectivity index (χ0v) is 12.5. The maximum Gasteiger partial charge on any atom is 0.267 e. The predicted molar refractivity (Wildman–Crippen MR) is 90.1 cm³/mol. The topological polar surface area (TPSA) is 37.8 Å². The maximum atomic E-state index is 12.6. The Hall–Kier alpha value is -2.24. The van der Waals surface area contributed by atoms with Crippen LogP contribution in [0, 0.1) is 4.77 Å². The molecule has 21 heavy (non-hydrogen) atoms. The summed E-state index contributed by atoms with van der Waals surface area (Å²) < 4.78 is 1.97. The predicted octanol–water partition coefficient (Wildman–Crippen LogP) is 4.26. The van der Waals surface area contributed by atoms with Crippen LogP contribution in [0.15, 0.2) is 58.7 Å². The maximum absolute atomic E-state index is 12.6.